The van der Waals surface area contributed by atoms with Gasteiger partial charge >= 0.3 is 0 Å². The number of para-hydroxylation sites is 1. The number of hydrogen-bond donors (Lipinski definition) is 1. The maximum Gasteiger partial charge on any atom is 0.116 e. The molecular formula is C11H13N3O. The highest BCUT2D eigenvalue weighted by atomic mass is 16.5. The molecule has 0 spiro atoms. The molecule has 0 amide bonds. The molecule has 0 saturated carbocycles. The minimum absolute atomic E-state index is 0.699. The molecule has 15 heavy (non-hydrogen) atoms. The number of ether oxygens (including phenoxy) is 1. The lowest BCUT2D eigenvalue weighted by molar-refractivity contribution is 0.268. The summed E-state index contributed by atoms with van der Waals surface area (Å²) in [5.74, 6) is 0. The average Bonchev–Trinajstić information content (AvgIpc) is 2.73. The van der Waals surface area contributed by atoms with Gasteiger partial charge in [-0.25, -0.2) is 0 Å². The molecule has 0 aliphatic heterocycles. The third-order valence-corrected chi connectivity index (χ3v) is 2.13. The van der Waals surface area contributed by atoms with Gasteiger partial charge in [0.15, 0.2) is 0 Å². The Kier molecular flexibility index (Phi) is 2.97. The second-order valence-corrected chi connectivity index (χ2v) is 3.14. The Hall–Kier alpha value is -1.84. The van der Waals surface area contributed by atoms with E-state index >= 15 is 0 Å². The van der Waals surface area contributed by atoms with E-state index in [4.69, 9.17) is 4.74 Å². The van der Waals surface area contributed by atoms with Gasteiger partial charge < -0.3 is 4.74 Å². The van der Waals surface area contributed by atoms with Crippen LogP contribution in [0.1, 0.15) is 12.5 Å². The van der Waals surface area contributed by atoms with Gasteiger partial charge in [-0.3, -0.25) is 0 Å². The van der Waals surface area contributed by atoms with E-state index in [0.29, 0.717) is 6.61 Å². The van der Waals surface area contributed by atoms with Crippen LogP contribution in [0.5, 0.6) is 0 Å². The SMILES string of the molecule is CCOC=CCc1cccc2n[nH]nc12. The second kappa shape index (κ2) is 4.59. The molecule has 2 rings (SSSR count). The summed E-state index contributed by atoms with van der Waals surface area (Å²) in [4.78, 5) is 0. The second-order valence-electron chi connectivity index (χ2n) is 3.14. The summed E-state index contributed by atoms with van der Waals surface area (Å²) in [5.41, 5.74) is 2.98. The third kappa shape index (κ3) is 2.15. The Balaban J connectivity index is 2.17. The highest BCUT2D eigenvalue weighted by Gasteiger charge is 2.01. The van der Waals surface area contributed by atoms with E-state index in [9.17, 15) is 0 Å². The molecule has 1 heterocycles. The molecule has 0 bridgehead atoms. The van der Waals surface area contributed by atoms with Crippen molar-refractivity contribution >= 4 is 11.0 Å². The minimum Gasteiger partial charge on any atom is -0.502 e. The van der Waals surface area contributed by atoms with Crippen molar-refractivity contribution < 1.29 is 4.74 Å². The highest BCUT2D eigenvalue weighted by Crippen LogP contribution is 2.14. The van der Waals surface area contributed by atoms with E-state index < -0.39 is 0 Å². The first-order valence-electron chi connectivity index (χ1n) is 4.97. The molecule has 4 nitrogen and oxygen atoms in total. The first-order valence-corrected chi connectivity index (χ1v) is 4.97. The summed E-state index contributed by atoms with van der Waals surface area (Å²) in [6, 6.07) is 5.96. The topological polar surface area (TPSA) is 50.8 Å². The maximum atomic E-state index is 5.12. The zero-order valence-corrected chi connectivity index (χ0v) is 8.60. The summed E-state index contributed by atoms with van der Waals surface area (Å²) >= 11 is 0. The van der Waals surface area contributed by atoms with Crippen LogP contribution < -0.4 is 0 Å². The van der Waals surface area contributed by atoms with Crippen molar-refractivity contribution in [2.75, 3.05) is 6.61 Å². The number of aromatic nitrogens is 3. The van der Waals surface area contributed by atoms with E-state index in [1.807, 2.05) is 31.2 Å². The first-order chi connectivity index (χ1) is 7.42. The van der Waals surface area contributed by atoms with E-state index in [1.165, 1.54) is 0 Å². The third-order valence-electron chi connectivity index (χ3n) is 2.13. The first kappa shape index (κ1) is 9.71. The fraction of sp³-hybridized carbons (Fsp3) is 0.273. The quantitative estimate of drug-likeness (QED) is 0.774. The number of H-pyrrole nitrogens is 1. The summed E-state index contributed by atoms with van der Waals surface area (Å²) in [6.07, 6.45) is 4.51. The molecular weight excluding hydrogens is 190 g/mol. The van der Waals surface area contributed by atoms with Crippen molar-refractivity contribution in [3.05, 3.63) is 36.1 Å². The zero-order valence-electron chi connectivity index (χ0n) is 8.60. The largest absolute Gasteiger partial charge is 0.502 e. The van der Waals surface area contributed by atoms with Crippen LogP contribution in [0.3, 0.4) is 0 Å². The fourth-order valence-electron chi connectivity index (χ4n) is 1.43. The number of nitrogens with one attached hydrogen (secondary N) is 1. The van der Waals surface area contributed by atoms with Gasteiger partial charge in [0.1, 0.15) is 11.0 Å². The Labute approximate surface area is 87.9 Å². The molecule has 0 saturated heterocycles. The zero-order chi connectivity index (χ0) is 10.5. The molecule has 0 radical (unpaired) electrons. The van der Waals surface area contributed by atoms with E-state index in [-0.39, 0.29) is 0 Å². The van der Waals surface area contributed by atoms with Crippen LogP contribution in [-0.2, 0) is 11.2 Å². The summed E-state index contributed by atoms with van der Waals surface area (Å²) in [6.45, 7) is 2.66. The van der Waals surface area contributed by atoms with E-state index in [0.717, 1.165) is 23.0 Å². The van der Waals surface area contributed by atoms with Crippen LogP contribution in [0.4, 0.5) is 0 Å². The predicted octanol–water partition coefficient (Wildman–Crippen LogP) is 2.05. The minimum atomic E-state index is 0.699. The molecule has 4 heteroatoms. The molecule has 1 aromatic carbocycles. The van der Waals surface area contributed by atoms with Crippen LogP contribution in [0.2, 0.25) is 0 Å². The van der Waals surface area contributed by atoms with Gasteiger partial charge in [-0.1, -0.05) is 12.1 Å². The summed E-state index contributed by atoms with van der Waals surface area (Å²) < 4.78 is 5.12. The smallest absolute Gasteiger partial charge is 0.116 e. The van der Waals surface area contributed by atoms with Crippen LogP contribution in [0.25, 0.3) is 11.0 Å². The van der Waals surface area contributed by atoms with Gasteiger partial charge in [0.05, 0.1) is 12.9 Å². The Morgan fingerprint density at radius 1 is 1.40 bits per heavy atom. The van der Waals surface area contributed by atoms with Gasteiger partial charge in [-0.15, -0.1) is 0 Å². The van der Waals surface area contributed by atoms with Crippen molar-refractivity contribution in [2.24, 2.45) is 0 Å². The molecule has 1 N–H and O–H groups in total. The van der Waals surface area contributed by atoms with Crippen molar-refractivity contribution in [1.29, 1.82) is 0 Å². The molecule has 0 unspecified atom stereocenters. The number of fused-ring (bicyclic) bond motifs is 1. The van der Waals surface area contributed by atoms with Crippen LogP contribution >= 0.6 is 0 Å². The number of aromatic amines is 1. The maximum absolute atomic E-state index is 5.12. The highest BCUT2D eigenvalue weighted by molar-refractivity contribution is 5.77. The van der Waals surface area contributed by atoms with Crippen LogP contribution in [-0.4, -0.2) is 22.0 Å². The average molecular weight is 203 g/mol. The summed E-state index contributed by atoms with van der Waals surface area (Å²) in [7, 11) is 0. The normalized spacial score (nSPS) is 11.3. The van der Waals surface area contributed by atoms with Crippen molar-refractivity contribution in [2.45, 2.75) is 13.3 Å². The van der Waals surface area contributed by atoms with E-state index in [2.05, 4.69) is 15.4 Å². The Bertz CT molecular complexity index is 462. The van der Waals surface area contributed by atoms with Crippen molar-refractivity contribution in [1.82, 2.24) is 15.4 Å². The molecule has 0 fully saturated rings. The molecule has 1 aromatic heterocycles. The van der Waals surface area contributed by atoms with Gasteiger partial charge in [-0.05, 0) is 31.1 Å². The van der Waals surface area contributed by atoms with Gasteiger partial charge in [-0.2, -0.15) is 15.4 Å². The standard InChI is InChI=1S/C11H13N3O/c1-2-15-8-4-6-9-5-3-7-10-11(9)13-14-12-10/h3-5,7-8H,2,6H2,1H3,(H,12,13,14). The molecule has 0 aliphatic rings. The van der Waals surface area contributed by atoms with E-state index in [1.54, 1.807) is 6.26 Å². The number of nitrogens with zero attached hydrogens (tertiary/aromatic N) is 2. The predicted molar refractivity (Wildman–Crippen MR) is 58.4 cm³/mol. The van der Waals surface area contributed by atoms with Crippen molar-refractivity contribution in [3.63, 3.8) is 0 Å². The van der Waals surface area contributed by atoms with Gasteiger partial charge in [0.2, 0.25) is 0 Å². The lowest BCUT2D eigenvalue weighted by Gasteiger charge is -1.96. The number of rotatable bonds is 4. The summed E-state index contributed by atoms with van der Waals surface area (Å²) in [5, 5.41) is 10.8. The number of allylic oxidation sites excluding steroid dienone is 1. The van der Waals surface area contributed by atoms with Crippen LogP contribution in [0.15, 0.2) is 30.5 Å². The molecule has 78 valence electrons. The lowest BCUT2D eigenvalue weighted by Crippen LogP contribution is -1.85. The lowest BCUT2D eigenvalue weighted by atomic mass is 10.1. The van der Waals surface area contributed by atoms with Crippen LogP contribution in [0, 0.1) is 0 Å². The Morgan fingerprint density at radius 3 is 3.20 bits per heavy atom. The molecule has 0 atom stereocenters. The van der Waals surface area contributed by atoms with Crippen molar-refractivity contribution in [3.8, 4) is 0 Å². The number of hydrogen-bond acceptors (Lipinski definition) is 3. The van der Waals surface area contributed by atoms with Gasteiger partial charge in [0, 0.05) is 0 Å². The fourth-order valence-corrected chi connectivity index (χ4v) is 1.43. The van der Waals surface area contributed by atoms with Gasteiger partial charge in [0.25, 0.3) is 0 Å². The molecule has 2 aromatic rings. The monoisotopic (exact) mass is 203 g/mol. The Morgan fingerprint density at radius 2 is 2.33 bits per heavy atom. The number of benzene rings is 1. The molecule has 0 aliphatic carbocycles.